The van der Waals surface area contributed by atoms with Crippen LogP contribution in [-0.4, -0.2) is 58.6 Å². The van der Waals surface area contributed by atoms with Gasteiger partial charge < -0.3 is 5.11 Å². The van der Waals surface area contributed by atoms with Crippen LogP contribution in [0, 0.1) is 0 Å². The van der Waals surface area contributed by atoms with E-state index in [1.165, 1.54) is 5.56 Å². The zero-order chi connectivity index (χ0) is 12.8. The molecule has 0 unspecified atom stereocenters. The zero-order valence-electron chi connectivity index (χ0n) is 10.5. The summed E-state index contributed by atoms with van der Waals surface area (Å²) in [5, 5.41) is 8.80. The number of hydrogen-bond acceptors (Lipinski definition) is 4. The molecule has 1 fully saturated rings. The molecule has 1 N–H and O–H groups in total. The molecule has 18 heavy (non-hydrogen) atoms. The predicted octanol–water partition coefficient (Wildman–Crippen LogP) is 0.674. The molecule has 2 heterocycles. The third kappa shape index (κ3) is 4.09. The average molecular weight is 249 g/mol. The van der Waals surface area contributed by atoms with E-state index in [2.05, 4.69) is 9.88 Å². The van der Waals surface area contributed by atoms with E-state index in [1.807, 2.05) is 29.4 Å². The van der Waals surface area contributed by atoms with E-state index in [4.69, 9.17) is 5.11 Å². The van der Waals surface area contributed by atoms with E-state index in [0.717, 1.165) is 39.1 Å². The Morgan fingerprint density at radius 2 is 1.83 bits per heavy atom. The van der Waals surface area contributed by atoms with Crippen LogP contribution in [0.3, 0.4) is 0 Å². The lowest BCUT2D eigenvalue weighted by Crippen LogP contribution is -2.34. The van der Waals surface area contributed by atoms with Gasteiger partial charge in [0.25, 0.3) is 0 Å². The highest BCUT2D eigenvalue weighted by atomic mass is 16.4. The molecule has 5 heteroatoms. The van der Waals surface area contributed by atoms with Crippen molar-refractivity contribution in [3.8, 4) is 0 Å². The van der Waals surface area contributed by atoms with Gasteiger partial charge in [0, 0.05) is 38.6 Å². The van der Waals surface area contributed by atoms with Crippen LogP contribution in [0.5, 0.6) is 0 Å². The Balaban J connectivity index is 1.84. The first kappa shape index (κ1) is 13.0. The molecule has 0 aliphatic carbocycles. The molecule has 0 aromatic carbocycles. The van der Waals surface area contributed by atoms with Gasteiger partial charge in [-0.15, -0.1) is 0 Å². The summed E-state index contributed by atoms with van der Waals surface area (Å²) in [6.45, 7) is 4.73. The lowest BCUT2D eigenvalue weighted by Gasteiger charge is -2.20. The van der Waals surface area contributed by atoms with Gasteiger partial charge in [-0.2, -0.15) is 0 Å². The molecule has 1 saturated heterocycles. The van der Waals surface area contributed by atoms with E-state index in [1.54, 1.807) is 0 Å². The fraction of sp³-hybridized carbons (Fsp3) is 0.538. The molecule has 1 aliphatic heterocycles. The number of carboxylic acids is 1. The van der Waals surface area contributed by atoms with E-state index in [0.29, 0.717) is 0 Å². The molecule has 2 rings (SSSR count). The van der Waals surface area contributed by atoms with Crippen LogP contribution in [-0.2, 0) is 11.3 Å². The minimum absolute atomic E-state index is 0.156. The van der Waals surface area contributed by atoms with Crippen molar-refractivity contribution in [1.29, 1.82) is 0 Å². The van der Waals surface area contributed by atoms with E-state index in [-0.39, 0.29) is 6.54 Å². The molecule has 0 radical (unpaired) electrons. The maximum absolute atomic E-state index is 10.7. The maximum atomic E-state index is 10.7. The predicted molar refractivity (Wildman–Crippen MR) is 68.2 cm³/mol. The van der Waals surface area contributed by atoms with Crippen molar-refractivity contribution >= 4 is 5.97 Å². The molecule has 5 nitrogen and oxygen atoms in total. The summed E-state index contributed by atoms with van der Waals surface area (Å²) in [6.07, 6.45) is 4.64. The number of carbonyl (C=O) groups is 1. The summed E-state index contributed by atoms with van der Waals surface area (Å²) in [7, 11) is 0. The minimum atomic E-state index is -0.738. The molecule has 1 aliphatic rings. The van der Waals surface area contributed by atoms with Crippen LogP contribution in [0.15, 0.2) is 24.5 Å². The summed E-state index contributed by atoms with van der Waals surface area (Å²) in [5.74, 6) is -0.738. The van der Waals surface area contributed by atoms with Gasteiger partial charge in [0.05, 0.1) is 6.54 Å². The highest BCUT2D eigenvalue weighted by molar-refractivity contribution is 5.69. The molecule has 0 bridgehead atoms. The van der Waals surface area contributed by atoms with Crippen LogP contribution in [0.25, 0.3) is 0 Å². The van der Waals surface area contributed by atoms with Crippen molar-refractivity contribution in [3.63, 3.8) is 0 Å². The van der Waals surface area contributed by atoms with Crippen molar-refractivity contribution in [2.24, 2.45) is 0 Å². The zero-order valence-corrected chi connectivity index (χ0v) is 10.5. The Hall–Kier alpha value is -1.46. The molecule has 1 aromatic heterocycles. The number of nitrogens with zero attached hydrogens (tertiary/aromatic N) is 3. The third-order valence-electron chi connectivity index (χ3n) is 3.20. The Labute approximate surface area is 107 Å². The van der Waals surface area contributed by atoms with Gasteiger partial charge in [-0.3, -0.25) is 19.6 Å². The van der Waals surface area contributed by atoms with Gasteiger partial charge >= 0.3 is 5.97 Å². The summed E-state index contributed by atoms with van der Waals surface area (Å²) < 4.78 is 0. The van der Waals surface area contributed by atoms with Gasteiger partial charge in [0.2, 0.25) is 0 Å². The normalized spacial score (nSPS) is 18.4. The second-order valence-electron chi connectivity index (χ2n) is 4.66. The molecular formula is C13H19N3O2. The first-order chi connectivity index (χ1) is 8.74. The van der Waals surface area contributed by atoms with E-state index >= 15 is 0 Å². The fourth-order valence-electron chi connectivity index (χ4n) is 2.28. The van der Waals surface area contributed by atoms with Gasteiger partial charge in [-0.05, 0) is 30.7 Å². The largest absolute Gasteiger partial charge is 0.480 e. The standard InChI is InChI=1S/C13H19N3O2/c17-13(18)11-16-7-1-6-15(8-9-16)10-12-2-4-14-5-3-12/h2-5H,1,6-11H2,(H,17,18). The molecule has 0 spiro atoms. The summed E-state index contributed by atoms with van der Waals surface area (Å²) in [6, 6.07) is 4.06. The number of aromatic nitrogens is 1. The molecule has 0 saturated carbocycles. The molecule has 0 amide bonds. The number of aliphatic carboxylic acids is 1. The number of carboxylic acid groups (broad SMARTS) is 1. The Morgan fingerprint density at radius 1 is 1.17 bits per heavy atom. The van der Waals surface area contributed by atoms with Crippen LogP contribution in [0.1, 0.15) is 12.0 Å². The second kappa shape index (κ2) is 6.47. The quantitative estimate of drug-likeness (QED) is 0.850. The fourth-order valence-corrected chi connectivity index (χ4v) is 2.28. The Kier molecular flexibility index (Phi) is 4.66. The van der Waals surface area contributed by atoms with Gasteiger partial charge in [0.15, 0.2) is 0 Å². The monoisotopic (exact) mass is 249 g/mol. The average Bonchev–Trinajstić information content (AvgIpc) is 2.56. The Bertz CT molecular complexity index is 383. The third-order valence-corrected chi connectivity index (χ3v) is 3.20. The van der Waals surface area contributed by atoms with Crippen LogP contribution in [0.2, 0.25) is 0 Å². The number of hydrogen-bond donors (Lipinski definition) is 1. The smallest absolute Gasteiger partial charge is 0.317 e. The summed E-state index contributed by atoms with van der Waals surface area (Å²) in [4.78, 5) is 19.1. The van der Waals surface area contributed by atoms with Crippen molar-refractivity contribution < 1.29 is 9.90 Å². The van der Waals surface area contributed by atoms with Crippen molar-refractivity contribution in [3.05, 3.63) is 30.1 Å². The van der Waals surface area contributed by atoms with Crippen LogP contribution in [0.4, 0.5) is 0 Å². The van der Waals surface area contributed by atoms with E-state index < -0.39 is 5.97 Å². The van der Waals surface area contributed by atoms with Crippen LogP contribution < -0.4 is 0 Å². The van der Waals surface area contributed by atoms with Crippen molar-refractivity contribution in [1.82, 2.24) is 14.8 Å². The van der Waals surface area contributed by atoms with E-state index in [9.17, 15) is 4.79 Å². The maximum Gasteiger partial charge on any atom is 0.317 e. The lowest BCUT2D eigenvalue weighted by atomic mass is 10.2. The summed E-state index contributed by atoms with van der Waals surface area (Å²) in [5.41, 5.74) is 1.26. The van der Waals surface area contributed by atoms with Crippen LogP contribution >= 0.6 is 0 Å². The molecule has 1 aromatic rings. The second-order valence-corrected chi connectivity index (χ2v) is 4.66. The topological polar surface area (TPSA) is 56.7 Å². The highest BCUT2D eigenvalue weighted by Crippen LogP contribution is 2.08. The summed E-state index contributed by atoms with van der Waals surface area (Å²) >= 11 is 0. The Morgan fingerprint density at radius 3 is 2.56 bits per heavy atom. The number of pyridine rings is 1. The lowest BCUT2D eigenvalue weighted by molar-refractivity contribution is -0.138. The first-order valence-electron chi connectivity index (χ1n) is 6.29. The molecule has 98 valence electrons. The molecule has 0 atom stereocenters. The van der Waals surface area contributed by atoms with Gasteiger partial charge in [-0.1, -0.05) is 0 Å². The minimum Gasteiger partial charge on any atom is -0.480 e. The SMILES string of the molecule is O=C(O)CN1CCCN(Cc2ccncc2)CC1. The van der Waals surface area contributed by atoms with Gasteiger partial charge in [0.1, 0.15) is 0 Å². The van der Waals surface area contributed by atoms with Gasteiger partial charge in [-0.25, -0.2) is 0 Å². The first-order valence-corrected chi connectivity index (χ1v) is 6.29. The highest BCUT2D eigenvalue weighted by Gasteiger charge is 2.16. The van der Waals surface area contributed by atoms with Crippen molar-refractivity contribution in [2.75, 3.05) is 32.7 Å². The van der Waals surface area contributed by atoms with Crippen molar-refractivity contribution in [2.45, 2.75) is 13.0 Å². The molecular weight excluding hydrogens is 230 g/mol. The number of rotatable bonds is 4.